The topological polar surface area (TPSA) is 198 Å². The van der Waals surface area contributed by atoms with Crippen LogP contribution in [0.1, 0.15) is 82.7 Å². The molecule has 2 aromatic heterocycles. The summed E-state index contributed by atoms with van der Waals surface area (Å²) < 4.78 is 11.4. The molecule has 0 radical (unpaired) electrons. The number of aliphatic hydroxyl groups is 1. The number of rotatable bonds is 11. The number of amides is 4. The fraction of sp³-hybridized carbons (Fsp3) is 0.476. The van der Waals surface area contributed by atoms with Crippen molar-refractivity contribution in [2.45, 2.75) is 84.0 Å². The number of alkyl carbamates (subject to hydrolysis) is 1. The van der Waals surface area contributed by atoms with E-state index in [9.17, 15) is 24.3 Å². The van der Waals surface area contributed by atoms with Gasteiger partial charge in [-0.05, 0) is 73.8 Å². The largest absolute Gasteiger partial charge is 0.453 e. The minimum atomic E-state index is -0.736. The Hall–Kier alpha value is -5.90. The lowest BCUT2D eigenvalue weighted by molar-refractivity contribution is -0.139. The van der Waals surface area contributed by atoms with Gasteiger partial charge in [0.05, 0.1) is 54.3 Å². The summed E-state index contributed by atoms with van der Waals surface area (Å²) in [4.78, 5) is 73.7. The first kappa shape index (κ1) is 38.9. The number of benzene rings is 2. The highest BCUT2D eigenvalue weighted by molar-refractivity contribution is 5.90. The van der Waals surface area contributed by atoms with Gasteiger partial charge in [-0.2, -0.15) is 0 Å². The van der Waals surface area contributed by atoms with Gasteiger partial charge in [0.2, 0.25) is 17.7 Å². The number of hydrogen-bond acceptors (Lipinski definition) is 10. The van der Waals surface area contributed by atoms with Crippen molar-refractivity contribution in [1.82, 2.24) is 40.4 Å². The first-order valence-corrected chi connectivity index (χ1v) is 20.2. The van der Waals surface area contributed by atoms with Gasteiger partial charge in [-0.1, -0.05) is 33.8 Å². The van der Waals surface area contributed by atoms with Gasteiger partial charge < -0.3 is 49.9 Å². The summed E-state index contributed by atoms with van der Waals surface area (Å²) in [6.45, 7) is 8.80. The second-order valence-corrected chi connectivity index (χ2v) is 16.2. The molecule has 0 unspecified atom stereocenters. The van der Waals surface area contributed by atoms with E-state index in [-0.39, 0.29) is 35.7 Å². The van der Waals surface area contributed by atoms with E-state index in [0.717, 1.165) is 89.6 Å². The van der Waals surface area contributed by atoms with Crippen LogP contribution < -0.4 is 20.3 Å². The van der Waals surface area contributed by atoms with E-state index >= 15 is 0 Å². The first-order valence-electron chi connectivity index (χ1n) is 20.2. The normalized spacial score (nSPS) is 19.2. The maximum Gasteiger partial charge on any atom is 0.407 e. The molecule has 5 N–H and O–H groups in total. The molecular formula is C42H51N9O7. The number of aromatic nitrogens is 4. The maximum absolute atomic E-state index is 13.7. The van der Waals surface area contributed by atoms with Crippen LogP contribution in [0.3, 0.4) is 0 Å². The number of anilines is 2. The smallest absolute Gasteiger partial charge is 0.407 e. The van der Waals surface area contributed by atoms with Gasteiger partial charge in [0.15, 0.2) is 11.5 Å². The third-order valence-electron chi connectivity index (χ3n) is 11.9. The van der Waals surface area contributed by atoms with Crippen LogP contribution in [0, 0.1) is 11.8 Å². The van der Waals surface area contributed by atoms with Gasteiger partial charge in [-0.15, -0.1) is 0 Å². The Bertz CT molecular complexity index is 2230. The second kappa shape index (κ2) is 15.8. The van der Waals surface area contributed by atoms with Crippen molar-refractivity contribution in [2.24, 2.45) is 11.8 Å². The molecule has 6 heterocycles. The Balaban J connectivity index is 0.993. The molecular weight excluding hydrogens is 743 g/mol. The monoisotopic (exact) mass is 793 g/mol. The quantitative estimate of drug-likeness (QED) is 0.136. The molecule has 58 heavy (non-hydrogen) atoms. The SMILES string of the molecule is COC(=O)N[C@H](C(=O)N1CCC[C@H]1c1ncc(-c2ccc3c(c2)Oc2ccc(-c4cnc([C@@H]5CCCN5C(=O)[C@@H](NC(=O)CO)C(C)C)[nH]4)c4c2N3CC4)[nH]1)C(C)C. The standard InChI is InChI=1S/C42H51N9O7/c1-22(2)35(47-34(53)21-52)40(54)50-15-7-9-31(50)39-44-20-28(46-39)25-11-13-32-37-26(25)14-17-49(37)29-12-10-24(18-33(29)58-32)27-19-43-38(45-27)30-8-6-16-51(30)41(55)36(23(3)4)48-42(56)57-5/h10-13,18-20,22-23,30-31,35-36,52H,6-9,14-17,21H2,1-5H3,(H,43,45)(H,44,46)(H,47,53)(H,48,56)/t30-,31-,35-,36-/m0/s1. The number of carbonyl (C=O) groups is 4. The molecule has 4 aromatic rings. The summed E-state index contributed by atoms with van der Waals surface area (Å²) >= 11 is 0. The van der Waals surface area contributed by atoms with E-state index in [4.69, 9.17) is 19.4 Å². The molecule has 306 valence electrons. The average Bonchev–Trinajstić information content (AvgIpc) is 4.07. The number of hydrogen-bond donors (Lipinski definition) is 5. The zero-order valence-corrected chi connectivity index (χ0v) is 33.5. The molecule has 4 aliphatic heterocycles. The number of nitrogens with one attached hydrogen (secondary N) is 4. The highest BCUT2D eigenvalue weighted by Gasteiger charge is 2.40. The van der Waals surface area contributed by atoms with Crippen LogP contribution in [0.5, 0.6) is 11.5 Å². The van der Waals surface area contributed by atoms with Crippen molar-refractivity contribution in [3.63, 3.8) is 0 Å². The first-order chi connectivity index (χ1) is 28.0. The minimum Gasteiger partial charge on any atom is -0.453 e. The van der Waals surface area contributed by atoms with E-state index in [2.05, 4.69) is 37.6 Å². The third kappa shape index (κ3) is 7.03. The summed E-state index contributed by atoms with van der Waals surface area (Å²) in [5, 5.41) is 14.7. The van der Waals surface area contributed by atoms with Crippen LogP contribution in [-0.2, 0) is 25.5 Å². The second-order valence-electron chi connectivity index (χ2n) is 16.2. The molecule has 16 nitrogen and oxygen atoms in total. The van der Waals surface area contributed by atoms with E-state index in [0.29, 0.717) is 24.7 Å². The van der Waals surface area contributed by atoms with Gasteiger partial charge in [-0.25, -0.2) is 14.8 Å². The lowest BCUT2D eigenvalue weighted by Crippen LogP contribution is -2.51. The number of H-pyrrole nitrogens is 2. The number of carbonyl (C=O) groups excluding carboxylic acids is 4. The van der Waals surface area contributed by atoms with Crippen LogP contribution in [0.4, 0.5) is 16.2 Å². The summed E-state index contributed by atoms with van der Waals surface area (Å²) in [7, 11) is 1.29. The van der Waals surface area contributed by atoms with Crippen LogP contribution in [0.15, 0.2) is 42.7 Å². The lowest BCUT2D eigenvalue weighted by atomic mass is 10.0. The molecule has 0 aliphatic carbocycles. The zero-order valence-electron chi connectivity index (χ0n) is 33.5. The molecule has 2 fully saturated rings. The molecule has 0 bridgehead atoms. The Kier molecular flexibility index (Phi) is 10.6. The zero-order chi connectivity index (χ0) is 40.8. The molecule has 0 saturated carbocycles. The van der Waals surface area contributed by atoms with Crippen molar-refractivity contribution < 1.29 is 33.8 Å². The maximum atomic E-state index is 13.7. The molecule has 2 aromatic carbocycles. The summed E-state index contributed by atoms with van der Waals surface area (Å²) in [5.41, 5.74) is 6.76. The summed E-state index contributed by atoms with van der Waals surface area (Å²) in [6, 6.07) is 8.25. The lowest BCUT2D eigenvalue weighted by Gasteiger charge is -2.30. The number of nitrogens with zero attached hydrogens (tertiary/aromatic N) is 5. The third-order valence-corrected chi connectivity index (χ3v) is 11.9. The van der Waals surface area contributed by atoms with Gasteiger partial charge in [0.1, 0.15) is 30.3 Å². The number of methoxy groups -OCH3 is 1. The molecule has 4 aliphatic rings. The van der Waals surface area contributed by atoms with Crippen molar-refractivity contribution in [3.8, 4) is 34.0 Å². The van der Waals surface area contributed by atoms with Crippen molar-refractivity contribution >= 4 is 35.2 Å². The molecule has 0 spiro atoms. The predicted molar refractivity (Wildman–Crippen MR) is 214 cm³/mol. The number of fused-ring (bicyclic) bond motifs is 2. The fourth-order valence-corrected chi connectivity index (χ4v) is 8.89. The highest BCUT2D eigenvalue weighted by Crippen LogP contribution is 2.54. The van der Waals surface area contributed by atoms with Crippen LogP contribution >= 0.6 is 0 Å². The Morgan fingerprint density at radius 2 is 1.47 bits per heavy atom. The number of ether oxygens (including phenoxy) is 2. The number of likely N-dealkylation sites (tertiary alicyclic amines) is 2. The van der Waals surface area contributed by atoms with Crippen LogP contribution in [0.25, 0.3) is 22.5 Å². The van der Waals surface area contributed by atoms with E-state index in [1.165, 1.54) is 7.11 Å². The summed E-state index contributed by atoms with van der Waals surface area (Å²) in [5.74, 6) is 1.73. The Morgan fingerprint density at radius 1 is 0.845 bits per heavy atom. The molecule has 4 amide bonds. The average molecular weight is 794 g/mol. The number of aromatic amines is 2. The number of imidazole rings is 2. The molecule has 16 heteroatoms. The van der Waals surface area contributed by atoms with Gasteiger partial charge >= 0.3 is 6.09 Å². The van der Waals surface area contributed by atoms with Crippen molar-refractivity contribution in [3.05, 3.63) is 59.9 Å². The van der Waals surface area contributed by atoms with Gasteiger partial charge in [0, 0.05) is 30.8 Å². The fourth-order valence-electron chi connectivity index (χ4n) is 8.89. The minimum absolute atomic E-state index is 0.121. The highest BCUT2D eigenvalue weighted by atomic mass is 16.5. The van der Waals surface area contributed by atoms with Gasteiger partial charge in [-0.3, -0.25) is 14.4 Å². The van der Waals surface area contributed by atoms with Crippen molar-refractivity contribution in [1.29, 1.82) is 0 Å². The van der Waals surface area contributed by atoms with Crippen LogP contribution in [-0.4, -0.2) is 104 Å². The van der Waals surface area contributed by atoms with E-state index < -0.39 is 30.7 Å². The van der Waals surface area contributed by atoms with E-state index in [1.54, 1.807) is 16.0 Å². The molecule has 8 rings (SSSR count). The molecule has 2 saturated heterocycles. The number of aliphatic hydroxyl groups excluding tert-OH is 1. The van der Waals surface area contributed by atoms with Crippen LogP contribution in [0.2, 0.25) is 0 Å². The molecule has 4 atom stereocenters. The predicted octanol–water partition coefficient (Wildman–Crippen LogP) is 5.11. The Labute approximate surface area is 336 Å². The van der Waals surface area contributed by atoms with E-state index in [1.807, 2.05) is 52.1 Å². The Morgan fingerprint density at radius 3 is 2.09 bits per heavy atom. The summed E-state index contributed by atoms with van der Waals surface area (Å²) in [6.07, 6.45) is 6.95. The van der Waals surface area contributed by atoms with Gasteiger partial charge in [0.25, 0.3) is 0 Å². The van der Waals surface area contributed by atoms with Crippen molar-refractivity contribution in [2.75, 3.05) is 38.3 Å².